The van der Waals surface area contributed by atoms with Gasteiger partial charge in [-0.15, -0.1) is 0 Å². The number of carbonyl (C=O) groups excluding carboxylic acids is 1. The lowest BCUT2D eigenvalue weighted by molar-refractivity contribution is 0.0999. The van der Waals surface area contributed by atoms with E-state index in [2.05, 4.69) is 35.8 Å². The maximum absolute atomic E-state index is 11.6. The summed E-state index contributed by atoms with van der Waals surface area (Å²) in [5.41, 5.74) is 10.3. The summed E-state index contributed by atoms with van der Waals surface area (Å²) in [6, 6.07) is 10.2. The molecule has 4 heteroatoms. The van der Waals surface area contributed by atoms with Gasteiger partial charge in [0.25, 0.3) is 5.91 Å². The highest BCUT2D eigenvalue weighted by molar-refractivity contribution is 5.95. The molecular weight excluding hydrogens is 264 g/mol. The second-order valence-corrected chi connectivity index (χ2v) is 5.26. The summed E-state index contributed by atoms with van der Waals surface area (Å²) in [7, 11) is 1.69. The highest BCUT2D eigenvalue weighted by atomic mass is 16.5. The molecule has 4 nitrogen and oxygen atoms in total. The van der Waals surface area contributed by atoms with Gasteiger partial charge >= 0.3 is 0 Å². The van der Waals surface area contributed by atoms with E-state index < -0.39 is 0 Å². The predicted molar refractivity (Wildman–Crippen MR) is 84.4 cm³/mol. The Morgan fingerprint density at radius 3 is 2.48 bits per heavy atom. The maximum Gasteiger partial charge on any atom is 0.250 e. The average molecular weight is 286 g/mol. The lowest BCUT2D eigenvalue weighted by Crippen LogP contribution is -2.13. The van der Waals surface area contributed by atoms with Crippen LogP contribution >= 0.6 is 0 Å². The van der Waals surface area contributed by atoms with Crippen LogP contribution in [0.25, 0.3) is 11.3 Å². The Hall–Kier alpha value is -2.07. The molecule has 0 aliphatic rings. The molecule has 1 aromatic carbocycles. The molecule has 1 aromatic heterocycles. The van der Waals surface area contributed by atoms with E-state index in [4.69, 9.17) is 10.5 Å². The van der Waals surface area contributed by atoms with Crippen LogP contribution in [0.5, 0.6) is 0 Å². The minimum atomic E-state index is -0.383. The minimum Gasteiger partial charge on any atom is -0.385 e. The fraction of sp³-hybridized carbons (Fsp3) is 0.353. The highest BCUT2D eigenvalue weighted by Crippen LogP contribution is 2.26. The van der Waals surface area contributed by atoms with Crippen molar-refractivity contribution >= 4 is 5.91 Å². The van der Waals surface area contributed by atoms with Crippen LogP contribution in [0.4, 0.5) is 0 Å². The van der Waals surface area contributed by atoms with Crippen molar-refractivity contribution in [2.75, 3.05) is 13.7 Å². The largest absolute Gasteiger partial charge is 0.385 e. The normalized spacial score (nSPS) is 10.8. The van der Waals surface area contributed by atoms with Crippen LogP contribution in [0.2, 0.25) is 0 Å². The van der Waals surface area contributed by atoms with Crippen LogP contribution in [0.15, 0.2) is 30.3 Å². The van der Waals surface area contributed by atoms with E-state index >= 15 is 0 Å². The number of carbonyl (C=O) groups is 1. The summed E-state index contributed by atoms with van der Waals surface area (Å²) in [5.74, 6) is -0.383. The molecule has 0 spiro atoms. The first-order valence-electron chi connectivity index (χ1n) is 7.10. The Morgan fingerprint density at radius 2 is 1.90 bits per heavy atom. The number of primary amides is 1. The van der Waals surface area contributed by atoms with Crippen LogP contribution in [0, 0.1) is 13.8 Å². The number of aryl methyl sites for hydroxylation is 1. The zero-order valence-electron chi connectivity index (χ0n) is 12.8. The number of hydrogen-bond donors (Lipinski definition) is 1. The van der Waals surface area contributed by atoms with Gasteiger partial charge in [-0.3, -0.25) is 4.79 Å². The van der Waals surface area contributed by atoms with Crippen molar-refractivity contribution in [3.8, 4) is 11.3 Å². The van der Waals surface area contributed by atoms with Gasteiger partial charge < -0.3 is 15.0 Å². The Bertz CT molecular complexity index is 627. The number of ether oxygens (including phenoxy) is 1. The molecule has 21 heavy (non-hydrogen) atoms. The van der Waals surface area contributed by atoms with Gasteiger partial charge in [-0.1, -0.05) is 29.8 Å². The van der Waals surface area contributed by atoms with E-state index in [9.17, 15) is 4.79 Å². The van der Waals surface area contributed by atoms with E-state index in [1.165, 1.54) is 5.56 Å². The zero-order chi connectivity index (χ0) is 15.4. The van der Waals surface area contributed by atoms with Gasteiger partial charge in [-0.2, -0.15) is 0 Å². The highest BCUT2D eigenvalue weighted by Gasteiger charge is 2.16. The van der Waals surface area contributed by atoms with Gasteiger partial charge in [0.2, 0.25) is 0 Å². The predicted octanol–water partition coefficient (Wildman–Crippen LogP) is 2.91. The molecule has 0 fully saturated rings. The summed E-state index contributed by atoms with van der Waals surface area (Å²) in [6.45, 7) is 5.49. The lowest BCUT2D eigenvalue weighted by atomic mass is 10.1. The molecule has 2 N–H and O–H groups in total. The van der Waals surface area contributed by atoms with Crippen LogP contribution in [-0.2, 0) is 11.3 Å². The van der Waals surface area contributed by atoms with Crippen molar-refractivity contribution in [3.05, 3.63) is 47.2 Å². The van der Waals surface area contributed by atoms with Gasteiger partial charge in [0.1, 0.15) is 0 Å². The first kappa shape index (κ1) is 15.3. The van der Waals surface area contributed by atoms with E-state index in [1.54, 1.807) is 7.11 Å². The third-order valence-corrected chi connectivity index (χ3v) is 3.71. The van der Waals surface area contributed by atoms with Gasteiger partial charge in [0, 0.05) is 31.6 Å². The lowest BCUT2D eigenvalue weighted by Gasteiger charge is -2.12. The molecule has 0 saturated carbocycles. The zero-order valence-corrected chi connectivity index (χ0v) is 12.8. The summed E-state index contributed by atoms with van der Waals surface area (Å²) >= 11 is 0. The fourth-order valence-electron chi connectivity index (χ4n) is 2.51. The summed E-state index contributed by atoms with van der Waals surface area (Å²) in [5, 5.41) is 0. The average Bonchev–Trinajstić information content (AvgIpc) is 2.78. The van der Waals surface area contributed by atoms with Crippen molar-refractivity contribution in [1.82, 2.24) is 4.57 Å². The fourth-order valence-corrected chi connectivity index (χ4v) is 2.51. The van der Waals surface area contributed by atoms with Gasteiger partial charge in [0.15, 0.2) is 0 Å². The Kier molecular flexibility index (Phi) is 4.81. The molecule has 2 rings (SSSR count). The molecule has 0 unspecified atom stereocenters. The van der Waals surface area contributed by atoms with Crippen LogP contribution in [-0.4, -0.2) is 24.2 Å². The summed E-state index contributed by atoms with van der Waals surface area (Å²) in [4.78, 5) is 11.6. The molecule has 1 amide bonds. The first-order chi connectivity index (χ1) is 10.0. The number of nitrogens with zero attached hydrogens (tertiary/aromatic N) is 1. The summed E-state index contributed by atoms with van der Waals surface area (Å²) in [6.07, 6.45) is 0.892. The van der Waals surface area contributed by atoms with Crippen LogP contribution < -0.4 is 5.73 Å². The second kappa shape index (κ2) is 6.59. The smallest absolute Gasteiger partial charge is 0.250 e. The molecule has 0 saturated heterocycles. The molecule has 0 bridgehead atoms. The SMILES string of the molecule is COCCCn1c(-c2ccc(C)cc2)cc(C(N)=O)c1C. The number of hydrogen-bond acceptors (Lipinski definition) is 2. The minimum absolute atomic E-state index is 0.383. The number of benzene rings is 1. The number of nitrogens with two attached hydrogens (primary N) is 1. The van der Waals surface area contributed by atoms with E-state index in [1.807, 2.05) is 13.0 Å². The van der Waals surface area contributed by atoms with E-state index in [0.29, 0.717) is 12.2 Å². The van der Waals surface area contributed by atoms with Crippen molar-refractivity contribution in [1.29, 1.82) is 0 Å². The number of rotatable bonds is 6. The van der Waals surface area contributed by atoms with Crippen molar-refractivity contribution < 1.29 is 9.53 Å². The molecule has 0 atom stereocenters. The Balaban J connectivity index is 2.44. The number of aromatic nitrogens is 1. The van der Waals surface area contributed by atoms with Gasteiger partial charge in [0.05, 0.1) is 5.56 Å². The monoisotopic (exact) mass is 286 g/mol. The topological polar surface area (TPSA) is 57.2 Å². The Labute approximate surface area is 125 Å². The molecule has 2 aromatic rings. The summed E-state index contributed by atoms with van der Waals surface area (Å²) < 4.78 is 7.26. The maximum atomic E-state index is 11.6. The van der Waals surface area contributed by atoms with Crippen LogP contribution in [0.1, 0.15) is 28.0 Å². The standard InChI is InChI=1S/C17H22N2O2/c1-12-5-7-14(8-6-12)16-11-15(17(18)20)13(2)19(16)9-4-10-21-3/h5-8,11H,4,9-10H2,1-3H3,(H2,18,20). The molecule has 112 valence electrons. The van der Waals surface area contributed by atoms with Crippen molar-refractivity contribution in [2.24, 2.45) is 5.73 Å². The van der Waals surface area contributed by atoms with Gasteiger partial charge in [-0.25, -0.2) is 0 Å². The first-order valence-corrected chi connectivity index (χ1v) is 7.10. The third-order valence-electron chi connectivity index (χ3n) is 3.71. The number of methoxy groups -OCH3 is 1. The van der Waals surface area contributed by atoms with Gasteiger partial charge in [-0.05, 0) is 31.9 Å². The van der Waals surface area contributed by atoms with Crippen LogP contribution in [0.3, 0.4) is 0 Å². The molecular formula is C17H22N2O2. The molecule has 0 aliphatic carbocycles. The molecule has 0 radical (unpaired) electrons. The van der Waals surface area contributed by atoms with E-state index in [0.717, 1.165) is 29.9 Å². The number of amides is 1. The quantitative estimate of drug-likeness (QED) is 0.830. The third kappa shape index (κ3) is 3.34. The Morgan fingerprint density at radius 1 is 1.24 bits per heavy atom. The second-order valence-electron chi connectivity index (χ2n) is 5.26. The van der Waals surface area contributed by atoms with E-state index in [-0.39, 0.29) is 5.91 Å². The van der Waals surface area contributed by atoms with Crippen molar-refractivity contribution in [2.45, 2.75) is 26.8 Å². The molecule has 1 heterocycles. The molecule has 0 aliphatic heterocycles. The van der Waals surface area contributed by atoms with Crippen molar-refractivity contribution in [3.63, 3.8) is 0 Å².